The highest BCUT2D eigenvalue weighted by Gasteiger charge is 2.31. The van der Waals surface area contributed by atoms with Gasteiger partial charge in [-0.2, -0.15) is 0 Å². The van der Waals surface area contributed by atoms with Crippen LogP contribution in [-0.4, -0.2) is 30.1 Å². The lowest BCUT2D eigenvalue weighted by Gasteiger charge is -2.35. The molecule has 0 aromatic heterocycles. The number of halogens is 1. The van der Waals surface area contributed by atoms with Crippen LogP contribution in [0.4, 0.5) is 0 Å². The summed E-state index contributed by atoms with van der Waals surface area (Å²) < 4.78 is 1.32. The second-order valence-corrected chi connectivity index (χ2v) is 6.81. The molecule has 0 saturated carbocycles. The Morgan fingerprint density at radius 1 is 1.17 bits per heavy atom. The first-order valence-corrected chi connectivity index (χ1v) is 8.11. The van der Waals surface area contributed by atoms with Crippen molar-refractivity contribution in [3.8, 4) is 0 Å². The monoisotopic (exact) mass is 356 g/mol. The highest BCUT2D eigenvalue weighted by atomic mass is 127. The molecule has 2 nitrogen and oxygen atoms in total. The van der Waals surface area contributed by atoms with Gasteiger partial charge < -0.3 is 10.2 Å². The van der Waals surface area contributed by atoms with Crippen molar-refractivity contribution in [2.45, 2.75) is 44.3 Å². The van der Waals surface area contributed by atoms with Crippen LogP contribution in [0.2, 0.25) is 0 Å². The molecule has 98 valence electrons. The SMILES string of the molecule is Ic1ccc(CNC2CCN3CCCC3C2)cc1. The molecule has 2 unspecified atom stereocenters. The van der Waals surface area contributed by atoms with Crippen molar-refractivity contribution in [3.63, 3.8) is 0 Å². The van der Waals surface area contributed by atoms with Crippen LogP contribution in [0.5, 0.6) is 0 Å². The molecule has 2 fully saturated rings. The minimum atomic E-state index is 0.726. The molecule has 0 amide bonds. The Labute approximate surface area is 123 Å². The van der Waals surface area contributed by atoms with Gasteiger partial charge in [-0.05, 0) is 79.1 Å². The van der Waals surface area contributed by atoms with Crippen molar-refractivity contribution in [1.29, 1.82) is 0 Å². The predicted octanol–water partition coefficient (Wildman–Crippen LogP) is 3.01. The van der Waals surface area contributed by atoms with E-state index in [9.17, 15) is 0 Å². The minimum absolute atomic E-state index is 0.726. The van der Waals surface area contributed by atoms with Gasteiger partial charge in [-0.15, -0.1) is 0 Å². The minimum Gasteiger partial charge on any atom is -0.310 e. The summed E-state index contributed by atoms with van der Waals surface area (Å²) in [4.78, 5) is 2.68. The Balaban J connectivity index is 1.50. The summed E-state index contributed by atoms with van der Waals surface area (Å²) in [5, 5.41) is 3.74. The summed E-state index contributed by atoms with van der Waals surface area (Å²) in [6.45, 7) is 3.66. The summed E-state index contributed by atoms with van der Waals surface area (Å²) in [6, 6.07) is 10.4. The summed E-state index contributed by atoms with van der Waals surface area (Å²) in [6.07, 6.45) is 5.50. The molecule has 2 atom stereocenters. The van der Waals surface area contributed by atoms with E-state index < -0.39 is 0 Å². The maximum absolute atomic E-state index is 3.74. The van der Waals surface area contributed by atoms with E-state index in [1.165, 1.54) is 47.9 Å². The number of nitrogens with zero attached hydrogens (tertiary/aromatic N) is 1. The largest absolute Gasteiger partial charge is 0.310 e. The molecule has 2 aliphatic heterocycles. The number of benzene rings is 1. The summed E-state index contributed by atoms with van der Waals surface area (Å²) >= 11 is 2.36. The van der Waals surface area contributed by atoms with Crippen LogP contribution >= 0.6 is 22.6 Å². The molecule has 3 rings (SSSR count). The van der Waals surface area contributed by atoms with Crippen LogP contribution in [0.25, 0.3) is 0 Å². The molecular formula is C15H21IN2. The van der Waals surface area contributed by atoms with Gasteiger partial charge in [0, 0.05) is 22.2 Å². The average Bonchev–Trinajstić information content (AvgIpc) is 2.85. The third kappa shape index (κ3) is 3.06. The molecule has 18 heavy (non-hydrogen) atoms. The van der Waals surface area contributed by atoms with Crippen LogP contribution in [0.15, 0.2) is 24.3 Å². The standard InChI is InChI=1S/C15H21IN2/c16-13-5-3-12(4-6-13)11-17-14-7-9-18-8-1-2-15(18)10-14/h3-6,14-15,17H,1-2,7-11H2. The van der Waals surface area contributed by atoms with E-state index in [1.54, 1.807) is 0 Å². The zero-order chi connectivity index (χ0) is 12.4. The van der Waals surface area contributed by atoms with Crippen molar-refractivity contribution >= 4 is 22.6 Å². The summed E-state index contributed by atoms with van der Waals surface area (Å²) in [5.74, 6) is 0. The molecule has 1 aromatic rings. The summed E-state index contributed by atoms with van der Waals surface area (Å²) in [7, 11) is 0. The average molecular weight is 356 g/mol. The predicted molar refractivity (Wildman–Crippen MR) is 83.6 cm³/mol. The second-order valence-electron chi connectivity index (χ2n) is 5.56. The van der Waals surface area contributed by atoms with Crippen LogP contribution in [-0.2, 0) is 6.54 Å². The van der Waals surface area contributed by atoms with Gasteiger partial charge in [0.05, 0.1) is 0 Å². The van der Waals surface area contributed by atoms with Crippen LogP contribution in [0.1, 0.15) is 31.2 Å². The second kappa shape index (κ2) is 5.88. The van der Waals surface area contributed by atoms with Gasteiger partial charge in [0.15, 0.2) is 0 Å². The van der Waals surface area contributed by atoms with Gasteiger partial charge in [-0.25, -0.2) is 0 Å². The fourth-order valence-corrected chi connectivity index (χ4v) is 3.63. The van der Waals surface area contributed by atoms with E-state index in [4.69, 9.17) is 0 Å². The Morgan fingerprint density at radius 3 is 2.83 bits per heavy atom. The molecule has 2 heterocycles. The molecule has 1 aromatic carbocycles. The van der Waals surface area contributed by atoms with Gasteiger partial charge in [0.2, 0.25) is 0 Å². The van der Waals surface area contributed by atoms with Gasteiger partial charge in [-0.1, -0.05) is 12.1 Å². The Kier molecular flexibility index (Phi) is 4.21. The molecule has 0 spiro atoms. The first-order valence-electron chi connectivity index (χ1n) is 7.03. The van der Waals surface area contributed by atoms with Crippen LogP contribution in [0, 0.1) is 3.57 Å². The maximum atomic E-state index is 3.74. The van der Waals surface area contributed by atoms with Gasteiger partial charge in [-0.3, -0.25) is 0 Å². The lowest BCUT2D eigenvalue weighted by Crippen LogP contribution is -2.45. The van der Waals surface area contributed by atoms with E-state index >= 15 is 0 Å². The third-order valence-electron chi connectivity index (χ3n) is 4.33. The fourth-order valence-electron chi connectivity index (χ4n) is 3.27. The van der Waals surface area contributed by atoms with Crippen molar-refractivity contribution in [3.05, 3.63) is 33.4 Å². The van der Waals surface area contributed by atoms with E-state index in [-0.39, 0.29) is 0 Å². The van der Waals surface area contributed by atoms with Gasteiger partial charge >= 0.3 is 0 Å². The maximum Gasteiger partial charge on any atom is 0.0208 e. The fraction of sp³-hybridized carbons (Fsp3) is 0.600. The molecule has 1 N–H and O–H groups in total. The van der Waals surface area contributed by atoms with Crippen LogP contribution < -0.4 is 5.32 Å². The molecule has 0 aliphatic carbocycles. The molecular weight excluding hydrogens is 335 g/mol. The zero-order valence-electron chi connectivity index (χ0n) is 10.7. The van der Waals surface area contributed by atoms with E-state index in [1.807, 2.05) is 0 Å². The number of rotatable bonds is 3. The number of nitrogens with one attached hydrogen (secondary N) is 1. The van der Waals surface area contributed by atoms with E-state index in [0.29, 0.717) is 0 Å². The number of hydrogen-bond donors (Lipinski definition) is 1. The third-order valence-corrected chi connectivity index (χ3v) is 5.05. The highest BCUT2D eigenvalue weighted by molar-refractivity contribution is 14.1. The zero-order valence-corrected chi connectivity index (χ0v) is 12.9. The van der Waals surface area contributed by atoms with E-state index in [2.05, 4.69) is 57.1 Å². The molecule has 0 bridgehead atoms. The number of piperidine rings is 1. The first kappa shape index (κ1) is 12.9. The van der Waals surface area contributed by atoms with Crippen molar-refractivity contribution in [1.82, 2.24) is 10.2 Å². The lowest BCUT2D eigenvalue weighted by atomic mass is 9.97. The molecule has 0 radical (unpaired) electrons. The Morgan fingerprint density at radius 2 is 2.00 bits per heavy atom. The van der Waals surface area contributed by atoms with Crippen LogP contribution in [0.3, 0.4) is 0 Å². The molecule has 2 aliphatic rings. The lowest BCUT2D eigenvalue weighted by molar-refractivity contribution is 0.166. The highest BCUT2D eigenvalue weighted by Crippen LogP contribution is 2.26. The smallest absolute Gasteiger partial charge is 0.0208 e. The molecule has 3 heteroatoms. The van der Waals surface area contributed by atoms with Gasteiger partial charge in [0.25, 0.3) is 0 Å². The number of fused-ring (bicyclic) bond motifs is 1. The topological polar surface area (TPSA) is 15.3 Å². The van der Waals surface area contributed by atoms with Crippen molar-refractivity contribution in [2.75, 3.05) is 13.1 Å². The normalized spacial score (nSPS) is 28.3. The summed E-state index contributed by atoms with van der Waals surface area (Å²) in [5.41, 5.74) is 1.41. The number of hydrogen-bond acceptors (Lipinski definition) is 2. The van der Waals surface area contributed by atoms with E-state index in [0.717, 1.165) is 18.6 Å². The Bertz CT molecular complexity index is 390. The van der Waals surface area contributed by atoms with Crippen molar-refractivity contribution in [2.24, 2.45) is 0 Å². The first-order chi connectivity index (χ1) is 8.81. The van der Waals surface area contributed by atoms with Crippen molar-refractivity contribution < 1.29 is 0 Å². The molecule has 2 saturated heterocycles. The van der Waals surface area contributed by atoms with Gasteiger partial charge in [0.1, 0.15) is 0 Å². The Hall–Kier alpha value is -0.130. The quantitative estimate of drug-likeness (QED) is 0.838.